The van der Waals surface area contributed by atoms with Crippen LogP contribution in [0.2, 0.25) is 0 Å². The summed E-state index contributed by atoms with van der Waals surface area (Å²) in [5, 5.41) is 18.8. The summed E-state index contributed by atoms with van der Waals surface area (Å²) < 4.78 is 5.11. The fourth-order valence-corrected chi connectivity index (χ4v) is 2.82. The van der Waals surface area contributed by atoms with Crippen molar-refractivity contribution in [2.45, 2.75) is 45.6 Å². The second kappa shape index (κ2) is 6.07. The smallest absolute Gasteiger partial charge is 0.333 e. The second-order valence-electron chi connectivity index (χ2n) is 5.31. The highest BCUT2D eigenvalue weighted by Gasteiger charge is 2.56. The highest BCUT2D eigenvalue weighted by Crippen LogP contribution is 2.45. The Labute approximate surface area is 117 Å². The van der Waals surface area contributed by atoms with E-state index in [1.807, 2.05) is 0 Å². The Hall–Kier alpha value is -1.85. The van der Waals surface area contributed by atoms with Crippen LogP contribution >= 0.6 is 0 Å². The number of hydrogen-bond donors (Lipinski definition) is 2. The van der Waals surface area contributed by atoms with Crippen LogP contribution in [0, 0.1) is 11.3 Å². The lowest BCUT2D eigenvalue weighted by Crippen LogP contribution is -2.53. The zero-order valence-corrected chi connectivity index (χ0v) is 11.7. The van der Waals surface area contributed by atoms with Crippen LogP contribution < -0.4 is 0 Å². The van der Waals surface area contributed by atoms with Crippen LogP contribution in [0.5, 0.6) is 0 Å². The minimum absolute atomic E-state index is 0.153. The molecule has 0 aromatic heterocycles. The van der Waals surface area contributed by atoms with E-state index in [0.29, 0.717) is 12.8 Å². The van der Waals surface area contributed by atoms with Gasteiger partial charge in [-0.05, 0) is 26.7 Å². The molecular formula is C14H20O6. The maximum atomic E-state index is 11.7. The molecule has 1 fully saturated rings. The van der Waals surface area contributed by atoms with Crippen LogP contribution in [0.1, 0.15) is 39.5 Å². The average molecular weight is 284 g/mol. The highest BCUT2D eigenvalue weighted by atomic mass is 16.5. The van der Waals surface area contributed by atoms with E-state index in [2.05, 4.69) is 6.58 Å². The summed E-state index contributed by atoms with van der Waals surface area (Å²) in [4.78, 5) is 34.7. The molecule has 3 atom stereocenters. The van der Waals surface area contributed by atoms with Crippen LogP contribution in [0.4, 0.5) is 0 Å². The van der Waals surface area contributed by atoms with Crippen molar-refractivity contribution >= 4 is 17.9 Å². The van der Waals surface area contributed by atoms with E-state index in [4.69, 9.17) is 4.74 Å². The molecule has 0 aromatic carbocycles. The lowest BCUT2D eigenvalue weighted by Gasteiger charge is -2.41. The van der Waals surface area contributed by atoms with Crippen LogP contribution in [0.3, 0.4) is 0 Å². The number of ether oxygens (including phenoxy) is 1. The largest absolute Gasteiger partial charge is 0.481 e. The molecule has 20 heavy (non-hydrogen) atoms. The third-order valence-corrected chi connectivity index (χ3v) is 4.01. The Balaban J connectivity index is 3.12. The molecule has 1 aliphatic carbocycles. The van der Waals surface area contributed by atoms with Gasteiger partial charge in [0.05, 0.1) is 5.92 Å². The molecule has 0 heterocycles. The molecule has 0 amide bonds. The molecule has 1 saturated carbocycles. The van der Waals surface area contributed by atoms with Crippen molar-refractivity contribution in [2.75, 3.05) is 0 Å². The normalized spacial score (nSPS) is 27.4. The van der Waals surface area contributed by atoms with Crippen molar-refractivity contribution in [3.8, 4) is 0 Å². The van der Waals surface area contributed by atoms with Gasteiger partial charge < -0.3 is 14.9 Å². The lowest BCUT2D eigenvalue weighted by molar-refractivity contribution is -0.183. The first-order chi connectivity index (χ1) is 9.23. The highest BCUT2D eigenvalue weighted by molar-refractivity contribution is 5.88. The molecule has 6 nitrogen and oxygen atoms in total. The van der Waals surface area contributed by atoms with Gasteiger partial charge in [-0.15, -0.1) is 0 Å². The average Bonchev–Trinajstić information content (AvgIpc) is 2.37. The number of carboxylic acids is 2. The summed E-state index contributed by atoms with van der Waals surface area (Å²) in [6, 6.07) is 0. The number of rotatable bonds is 5. The summed E-state index contributed by atoms with van der Waals surface area (Å²) >= 11 is 0. The van der Waals surface area contributed by atoms with Gasteiger partial charge in [-0.1, -0.05) is 19.4 Å². The third-order valence-electron chi connectivity index (χ3n) is 4.01. The van der Waals surface area contributed by atoms with Gasteiger partial charge in [-0.2, -0.15) is 0 Å². The van der Waals surface area contributed by atoms with Gasteiger partial charge in [0, 0.05) is 5.57 Å². The molecule has 0 aliphatic heterocycles. The van der Waals surface area contributed by atoms with Crippen LogP contribution in [-0.4, -0.2) is 34.2 Å². The van der Waals surface area contributed by atoms with Crippen LogP contribution in [-0.2, 0) is 19.1 Å². The van der Waals surface area contributed by atoms with Crippen molar-refractivity contribution in [1.82, 2.24) is 0 Å². The van der Waals surface area contributed by atoms with Crippen LogP contribution in [0.15, 0.2) is 12.2 Å². The summed E-state index contributed by atoms with van der Waals surface area (Å²) in [7, 11) is 0. The van der Waals surface area contributed by atoms with Crippen molar-refractivity contribution in [3.63, 3.8) is 0 Å². The van der Waals surface area contributed by atoms with Gasteiger partial charge in [0.15, 0.2) is 0 Å². The number of aliphatic carboxylic acids is 2. The van der Waals surface area contributed by atoms with E-state index in [1.54, 1.807) is 0 Å². The maximum absolute atomic E-state index is 11.7. The number of carboxylic acid groups (broad SMARTS) is 2. The predicted octanol–water partition coefficient (Wildman–Crippen LogP) is 1.84. The molecule has 0 radical (unpaired) electrons. The number of esters is 1. The Morgan fingerprint density at radius 2 is 1.90 bits per heavy atom. The van der Waals surface area contributed by atoms with E-state index in [1.165, 1.54) is 13.8 Å². The summed E-state index contributed by atoms with van der Waals surface area (Å²) in [6.07, 6.45) is 0.698. The van der Waals surface area contributed by atoms with Gasteiger partial charge in [-0.25, -0.2) is 4.79 Å². The zero-order valence-electron chi connectivity index (χ0n) is 11.7. The van der Waals surface area contributed by atoms with Gasteiger partial charge in [0.2, 0.25) is 0 Å². The molecule has 1 aliphatic rings. The SMILES string of the molecule is C=C(C)C(=O)OC(C)C1(C(=O)O)CCCCC1C(=O)O. The standard InChI is InChI=1S/C14H20O6/c1-8(2)12(17)20-9(3)14(13(18)19)7-5-4-6-10(14)11(15)16/h9-10H,1,4-7H2,2-3H3,(H,15,16)(H,18,19). The van der Waals surface area contributed by atoms with E-state index >= 15 is 0 Å². The first-order valence-electron chi connectivity index (χ1n) is 6.56. The monoisotopic (exact) mass is 284 g/mol. The first-order valence-corrected chi connectivity index (χ1v) is 6.56. The topological polar surface area (TPSA) is 101 Å². The zero-order chi connectivity index (χ0) is 15.5. The fourth-order valence-electron chi connectivity index (χ4n) is 2.82. The summed E-state index contributed by atoms with van der Waals surface area (Å²) in [6.45, 7) is 6.33. The molecule has 3 unspecified atom stereocenters. The Bertz CT molecular complexity index is 441. The molecule has 0 bridgehead atoms. The summed E-state index contributed by atoms with van der Waals surface area (Å²) in [5.74, 6) is -4.15. The molecule has 6 heteroatoms. The third kappa shape index (κ3) is 2.84. The van der Waals surface area contributed by atoms with E-state index < -0.39 is 35.3 Å². The first kappa shape index (κ1) is 16.2. The van der Waals surface area contributed by atoms with Gasteiger partial charge in [0.25, 0.3) is 0 Å². The molecule has 2 N–H and O–H groups in total. The Morgan fingerprint density at radius 1 is 1.30 bits per heavy atom. The molecule has 0 spiro atoms. The predicted molar refractivity (Wildman–Crippen MR) is 70.0 cm³/mol. The van der Waals surface area contributed by atoms with Crippen LogP contribution in [0.25, 0.3) is 0 Å². The van der Waals surface area contributed by atoms with Crippen molar-refractivity contribution < 1.29 is 29.3 Å². The number of hydrogen-bond acceptors (Lipinski definition) is 4. The minimum atomic E-state index is -1.57. The van der Waals surface area contributed by atoms with E-state index in [-0.39, 0.29) is 18.4 Å². The second-order valence-corrected chi connectivity index (χ2v) is 5.31. The number of carbonyl (C=O) groups excluding carboxylic acids is 1. The Kier molecular flexibility index (Phi) is 4.92. The fraction of sp³-hybridized carbons (Fsp3) is 0.643. The van der Waals surface area contributed by atoms with E-state index in [9.17, 15) is 24.6 Å². The Morgan fingerprint density at radius 3 is 2.35 bits per heavy atom. The summed E-state index contributed by atoms with van der Waals surface area (Å²) in [5.41, 5.74) is -1.42. The van der Waals surface area contributed by atoms with Crippen molar-refractivity contribution in [1.29, 1.82) is 0 Å². The molecule has 1 rings (SSSR count). The van der Waals surface area contributed by atoms with E-state index in [0.717, 1.165) is 0 Å². The minimum Gasteiger partial charge on any atom is -0.481 e. The molecule has 0 saturated heterocycles. The molecule has 112 valence electrons. The van der Waals surface area contributed by atoms with Crippen molar-refractivity contribution in [3.05, 3.63) is 12.2 Å². The van der Waals surface area contributed by atoms with Crippen molar-refractivity contribution in [2.24, 2.45) is 11.3 Å². The van der Waals surface area contributed by atoms with Gasteiger partial charge >= 0.3 is 17.9 Å². The quantitative estimate of drug-likeness (QED) is 0.590. The lowest BCUT2D eigenvalue weighted by atomic mass is 9.63. The maximum Gasteiger partial charge on any atom is 0.333 e. The van der Waals surface area contributed by atoms with Gasteiger partial charge in [-0.3, -0.25) is 9.59 Å². The number of carbonyl (C=O) groups is 3. The molecular weight excluding hydrogens is 264 g/mol. The molecule has 0 aromatic rings. The van der Waals surface area contributed by atoms with Gasteiger partial charge in [0.1, 0.15) is 11.5 Å².